The number of aliphatic hydroxyl groups is 1. The molecule has 64 valence electrons. The van der Waals surface area contributed by atoms with Gasteiger partial charge in [-0.15, -0.1) is 0 Å². The summed E-state index contributed by atoms with van der Waals surface area (Å²) in [5.41, 5.74) is 0.665. The van der Waals surface area contributed by atoms with Crippen LogP contribution in [0.3, 0.4) is 0 Å². The van der Waals surface area contributed by atoms with Crippen LogP contribution in [0.1, 0.15) is 19.8 Å². The summed E-state index contributed by atoms with van der Waals surface area (Å²) in [5, 5.41) is 8.53. The molecule has 11 heavy (non-hydrogen) atoms. The highest BCUT2D eigenvalue weighted by Crippen LogP contribution is 2.01. The summed E-state index contributed by atoms with van der Waals surface area (Å²) in [7, 11) is 0. The number of carbonyl (C=O) groups excluding carboxylic acids is 1. The van der Waals surface area contributed by atoms with Gasteiger partial charge in [-0.1, -0.05) is 12.2 Å². The zero-order valence-corrected chi connectivity index (χ0v) is 6.80. The maximum Gasteiger partial charge on any atom is 0.306 e. The number of carbonyl (C=O) groups is 1. The first-order valence-electron chi connectivity index (χ1n) is 3.63. The van der Waals surface area contributed by atoms with Crippen LogP contribution < -0.4 is 0 Å². The molecule has 0 spiro atoms. The molecule has 0 aromatic rings. The maximum absolute atomic E-state index is 10.7. The van der Waals surface area contributed by atoms with Gasteiger partial charge in [0.05, 0.1) is 13.2 Å². The summed E-state index contributed by atoms with van der Waals surface area (Å²) in [6.45, 7) is 5.66. The molecule has 0 atom stereocenters. The normalized spacial score (nSPS) is 9.27. The standard InChI is InChI=1S/C8H14O3/c1-3-11-8(10)5-4-7(2)6-9/h9H,2-6H2,1H3. The Morgan fingerprint density at radius 3 is 2.64 bits per heavy atom. The van der Waals surface area contributed by atoms with E-state index >= 15 is 0 Å². The van der Waals surface area contributed by atoms with Crippen LogP contribution in [0.25, 0.3) is 0 Å². The minimum absolute atomic E-state index is 0.0561. The van der Waals surface area contributed by atoms with Gasteiger partial charge in [0.25, 0.3) is 0 Å². The van der Waals surface area contributed by atoms with Gasteiger partial charge in [-0.3, -0.25) is 4.79 Å². The molecule has 1 N–H and O–H groups in total. The SMILES string of the molecule is C=C(CO)CCC(=O)OCC. The third-order valence-electron chi connectivity index (χ3n) is 1.21. The largest absolute Gasteiger partial charge is 0.466 e. The highest BCUT2D eigenvalue weighted by Gasteiger charge is 2.01. The van der Waals surface area contributed by atoms with Gasteiger partial charge in [-0.05, 0) is 13.3 Å². The molecular weight excluding hydrogens is 144 g/mol. The van der Waals surface area contributed by atoms with Gasteiger partial charge in [-0.25, -0.2) is 0 Å². The third-order valence-corrected chi connectivity index (χ3v) is 1.21. The minimum Gasteiger partial charge on any atom is -0.466 e. The Morgan fingerprint density at radius 2 is 2.18 bits per heavy atom. The summed E-state index contributed by atoms with van der Waals surface area (Å²) in [6, 6.07) is 0. The van der Waals surface area contributed by atoms with E-state index in [0.29, 0.717) is 25.0 Å². The predicted octanol–water partition coefficient (Wildman–Crippen LogP) is 0.878. The van der Waals surface area contributed by atoms with E-state index in [-0.39, 0.29) is 12.6 Å². The van der Waals surface area contributed by atoms with Gasteiger partial charge < -0.3 is 9.84 Å². The first-order chi connectivity index (χ1) is 5.20. The van der Waals surface area contributed by atoms with Gasteiger partial charge in [0.1, 0.15) is 0 Å². The number of hydrogen-bond donors (Lipinski definition) is 1. The molecule has 0 heterocycles. The number of rotatable bonds is 5. The summed E-state index contributed by atoms with van der Waals surface area (Å²) in [6.07, 6.45) is 0.822. The molecular formula is C8H14O3. The molecule has 0 fully saturated rings. The molecule has 0 aliphatic rings. The van der Waals surface area contributed by atoms with Crippen molar-refractivity contribution in [2.75, 3.05) is 13.2 Å². The highest BCUT2D eigenvalue weighted by atomic mass is 16.5. The Morgan fingerprint density at radius 1 is 1.55 bits per heavy atom. The molecule has 0 aromatic carbocycles. The lowest BCUT2D eigenvalue weighted by Crippen LogP contribution is -2.04. The van der Waals surface area contributed by atoms with Crippen molar-refractivity contribution in [1.82, 2.24) is 0 Å². The molecule has 0 saturated heterocycles. The van der Waals surface area contributed by atoms with Crippen molar-refractivity contribution in [1.29, 1.82) is 0 Å². The van der Waals surface area contributed by atoms with Gasteiger partial charge >= 0.3 is 5.97 Å². The van der Waals surface area contributed by atoms with Gasteiger partial charge in [-0.2, -0.15) is 0 Å². The second kappa shape index (κ2) is 5.92. The first-order valence-corrected chi connectivity index (χ1v) is 3.63. The third kappa shape index (κ3) is 5.61. The quantitative estimate of drug-likeness (QED) is 0.477. The van der Waals surface area contributed by atoms with Crippen LogP contribution in [0.2, 0.25) is 0 Å². The van der Waals surface area contributed by atoms with E-state index in [9.17, 15) is 4.79 Å². The molecule has 0 rings (SSSR count). The molecule has 0 aromatic heterocycles. The second-order valence-corrected chi connectivity index (χ2v) is 2.21. The molecule has 0 unspecified atom stereocenters. The molecule has 0 aliphatic heterocycles. The Bertz CT molecular complexity index is 140. The molecule has 0 aliphatic carbocycles. The van der Waals surface area contributed by atoms with E-state index in [0.717, 1.165) is 0 Å². The summed E-state index contributed by atoms with van der Waals surface area (Å²) in [5.74, 6) is -0.234. The summed E-state index contributed by atoms with van der Waals surface area (Å²) in [4.78, 5) is 10.7. The molecule has 3 heteroatoms. The lowest BCUT2D eigenvalue weighted by Gasteiger charge is -2.01. The fraction of sp³-hybridized carbons (Fsp3) is 0.625. The van der Waals surface area contributed by atoms with Crippen molar-refractivity contribution >= 4 is 5.97 Å². The van der Waals surface area contributed by atoms with Crippen molar-refractivity contribution in [3.05, 3.63) is 12.2 Å². The smallest absolute Gasteiger partial charge is 0.306 e. The lowest BCUT2D eigenvalue weighted by atomic mass is 10.2. The Hall–Kier alpha value is -0.830. The van der Waals surface area contributed by atoms with E-state index < -0.39 is 0 Å². The summed E-state index contributed by atoms with van der Waals surface area (Å²) < 4.78 is 4.68. The van der Waals surface area contributed by atoms with E-state index in [1.165, 1.54) is 0 Å². The van der Waals surface area contributed by atoms with Crippen LogP contribution in [-0.4, -0.2) is 24.3 Å². The van der Waals surface area contributed by atoms with Crippen molar-refractivity contribution in [2.24, 2.45) is 0 Å². The molecule has 0 saturated carbocycles. The van der Waals surface area contributed by atoms with Crippen molar-refractivity contribution < 1.29 is 14.6 Å². The first kappa shape index (κ1) is 10.2. The zero-order chi connectivity index (χ0) is 8.69. The Labute approximate surface area is 66.7 Å². The highest BCUT2D eigenvalue weighted by molar-refractivity contribution is 5.69. The van der Waals surface area contributed by atoms with Crippen LogP contribution in [0.5, 0.6) is 0 Å². The van der Waals surface area contributed by atoms with Crippen LogP contribution in [-0.2, 0) is 9.53 Å². The maximum atomic E-state index is 10.7. The fourth-order valence-corrected chi connectivity index (χ4v) is 0.591. The van der Waals surface area contributed by atoms with Crippen LogP contribution in [0.15, 0.2) is 12.2 Å². The van der Waals surface area contributed by atoms with Crippen LogP contribution in [0.4, 0.5) is 0 Å². The van der Waals surface area contributed by atoms with E-state index in [1.807, 2.05) is 0 Å². The molecule has 0 amide bonds. The van der Waals surface area contributed by atoms with Gasteiger partial charge in [0.2, 0.25) is 0 Å². The van der Waals surface area contributed by atoms with Crippen molar-refractivity contribution in [3.8, 4) is 0 Å². The van der Waals surface area contributed by atoms with Crippen molar-refractivity contribution in [2.45, 2.75) is 19.8 Å². The number of ether oxygens (including phenoxy) is 1. The van der Waals surface area contributed by atoms with Crippen LogP contribution >= 0.6 is 0 Å². The van der Waals surface area contributed by atoms with Gasteiger partial charge in [0, 0.05) is 6.42 Å². The summed E-state index contributed by atoms with van der Waals surface area (Å²) >= 11 is 0. The van der Waals surface area contributed by atoms with E-state index in [2.05, 4.69) is 11.3 Å². The van der Waals surface area contributed by atoms with Crippen LogP contribution in [0, 0.1) is 0 Å². The topological polar surface area (TPSA) is 46.5 Å². The zero-order valence-electron chi connectivity index (χ0n) is 6.80. The fourth-order valence-electron chi connectivity index (χ4n) is 0.591. The molecule has 0 bridgehead atoms. The lowest BCUT2D eigenvalue weighted by molar-refractivity contribution is -0.143. The predicted molar refractivity (Wildman–Crippen MR) is 42.1 cm³/mol. The Balaban J connectivity index is 3.38. The average Bonchev–Trinajstić information content (AvgIpc) is 2.01. The minimum atomic E-state index is -0.234. The number of esters is 1. The monoisotopic (exact) mass is 158 g/mol. The Kier molecular flexibility index (Phi) is 5.47. The number of aliphatic hydroxyl groups excluding tert-OH is 1. The second-order valence-electron chi connectivity index (χ2n) is 2.21. The van der Waals surface area contributed by atoms with E-state index in [4.69, 9.17) is 5.11 Å². The molecule has 0 radical (unpaired) electrons. The van der Waals surface area contributed by atoms with Gasteiger partial charge in [0.15, 0.2) is 0 Å². The van der Waals surface area contributed by atoms with E-state index in [1.54, 1.807) is 6.92 Å². The number of hydrogen-bond acceptors (Lipinski definition) is 3. The molecule has 3 nitrogen and oxygen atoms in total. The van der Waals surface area contributed by atoms with Crippen molar-refractivity contribution in [3.63, 3.8) is 0 Å². The average molecular weight is 158 g/mol.